The fraction of sp³-hybridized carbons (Fsp3) is 0.364. The first-order valence-electron chi connectivity index (χ1n) is 9.99. The Balaban J connectivity index is 1.62. The van der Waals surface area contributed by atoms with Crippen LogP contribution in [0.15, 0.2) is 53.4 Å². The van der Waals surface area contributed by atoms with Crippen molar-refractivity contribution in [2.75, 3.05) is 29.1 Å². The number of sulfone groups is 1. The van der Waals surface area contributed by atoms with Crippen molar-refractivity contribution in [1.29, 1.82) is 0 Å². The predicted octanol–water partition coefficient (Wildman–Crippen LogP) is 2.50. The van der Waals surface area contributed by atoms with Gasteiger partial charge in [0.1, 0.15) is 0 Å². The van der Waals surface area contributed by atoms with E-state index in [-0.39, 0.29) is 34.8 Å². The summed E-state index contributed by atoms with van der Waals surface area (Å²) >= 11 is 0. The van der Waals surface area contributed by atoms with Gasteiger partial charge in [0, 0.05) is 25.4 Å². The second kappa shape index (κ2) is 9.30. The highest BCUT2D eigenvalue weighted by Crippen LogP contribution is 2.30. The number of carbonyl (C=O) groups is 2. The number of hydrogen-bond donors (Lipinski definition) is 2. The van der Waals surface area contributed by atoms with Gasteiger partial charge >= 0.3 is 0 Å². The molecule has 0 saturated carbocycles. The molecule has 1 aliphatic rings. The van der Waals surface area contributed by atoms with Crippen LogP contribution in [-0.4, -0.2) is 39.1 Å². The molecule has 160 valence electrons. The van der Waals surface area contributed by atoms with Gasteiger partial charge in [-0.2, -0.15) is 0 Å². The molecule has 0 aromatic heterocycles. The molecule has 0 atom stereocenters. The molecule has 0 aliphatic carbocycles. The molecule has 3 N–H and O–H groups in total. The number of hydrogen-bond acceptors (Lipinski definition) is 5. The van der Waals surface area contributed by atoms with E-state index in [0.29, 0.717) is 31.6 Å². The van der Waals surface area contributed by atoms with Gasteiger partial charge < -0.3 is 16.0 Å². The third-order valence-electron chi connectivity index (χ3n) is 5.39. The summed E-state index contributed by atoms with van der Waals surface area (Å²) < 4.78 is 24.9. The van der Waals surface area contributed by atoms with Gasteiger partial charge in [0.05, 0.1) is 22.0 Å². The zero-order valence-electron chi connectivity index (χ0n) is 17.0. The van der Waals surface area contributed by atoms with Crippen LogP contribution in [0.1, 0.15) is 24.8 Å². The molecule has 1 fully saturated rings. The van der Waals surface area contributed by atoms with Gasteiger partial charge in [0.2, 0.25) is 11.8 Å². The summed E-state index contributed by atoms with van der Waals surface area (Å²) in [6.45, 7) is 3.22. The van der Waals surface area contributed by atoms with Gasteiger partial charge in [-0.15, -0.1) is 0 Å². The monoisotopic (exact) mass is 429 g/mol. The number of amides is 2. The van der Waals surface area contributed by atoms with Crippen molar-refractivity contribution in [2.45, 2.75) is 31.1 Å². The van der Waals surface area contributed by atoms with Crippen molar-refractivity contribution in [3.8, 4) is 0 Å². The van der Waals surface area contributed by atoms with E-state index in [1.54, 1.807) is 30.3 Å². The van der Waals surface area contributed by atoms with Gasteiger partial charge in [-0.1, -0.05) is 29.8 Å². The van der Waals surface area contributed by atoms with E-state index in [0.717, 1.165) is 11.3 Å². The minimum absolute atomic E-state index is 0.116. The number of benzene rings is 2. The van der Waals surface area contributed by atoms with Crippen LogP contribution in [-0.2, 0) is 19.4 Å². The number of nitrogens with one attached hydrogen (secondary N) is 1. The number of rotatable bonds is 7. The van der Waals surface area contributed by atoms with E-state index in [1.165, 1.54) is 0 Å². The third-order valence-corrected chi connectivity index (χ3v) is 7.13. The number of primary amides is 1. The maximum absolute atomic E-state index is 12.5. The summed E-state index contributed by atoms with van der Waals surface area (Å²) in [5.74, 6) is -1.00. The molecule has 0 radical (unpaired) electrons. The smallest absolute Gasteiger partial charge is 0.225 e. The Labute approximate surface area is 177 Å². The highest BCUT2D eigenvalue weighted by atomic mass is 32.2. The molecule has 0 bridgehead atoms. The number of carbonyl (C=O) groups excluding carboxylic acids is 2. The Morgan fingerprint density at radius 1 is 1.07 bits per heavy atom. The molecule has 0 spiro atoms. The van der Waals surface area contributed by atoms with Crippen molar-refractivity contribution in [1.82, 2.24) is 0 Å². The van der Waals surface area contributed by atoms with Gasteiger partial charge in [-0.3, -0.25) is 9.59 Å². The van der Waals surface area contributed by atoms with Crippen molar-refractivity contribution >= 4 is 33.0 Å². The van der Waals surface area contributed by atoms with E-state index < -0.39 is 9.84 Å². The lowest BCUT2D eigenvalue weighted by Crippen LogP contribution is -2.38. The average molecular weight is 430 g/mol. The number of nitrogens with zero attached hydrogens (tertiary/aromatic N) is 1. The highest BCUT2D eigenvalue weighted by Gasteiger charge is 2.25. The Bertz CT molecular complexity index is 1010. The number of para-hydroxylation sites is 2. The first-order valence-corrected chi connectivity index (χ1v) is 11.6. The van der Waals surface area contributed by atoms with Gasteiger partial charge in [-0.25, -0.2) is 8.42 Å². The summed E-state index contributed by atoms with van der Waals surface area (Å²) in [7, 11) is -3.52. The van der Waals surface area contributed by atoms with Crippen molar-refractivity contribution in [2.24, 2.45) is 11.7 Å². The zero-order chi connectivity index (χ0) is 21.7. The Morgan fingerprint density at radius 2 is 1.70 bits per heavy atom. The van der Waals surface area contributed by atoms with E-state index in [4.69, 9.17) is 5.73 Å². The third kappa shape index (κ3) is 5.38. The minimum Gasteiger partial charge on any atom is -0.370 e. The summed E-state index contributed by atoms with van der Waals surface area (Å²) in [4.78, 5) is 26.2. The van der Waals surface area contributed by atoms with E-state index in [9.17, 15) is 18.0 Å². The van der Waals surface area contributed by atoms with Crippen molar-refractivity contribution in [3.05, 3.63) is 54.1 Å². The maximum Gasteiger partial charge on any atom is 0.225 e. The van der Waals surface area contributed by atoms with Crippen LogP contribution >= 0.6 is 0 Å². The molecule has 7 nitrogen and oxygen atoms in total. The predicted molar refractivity (Wildman–Crippen MR) is 117 cm³/mol. The first-order chi connectivity index (χ1) is 14.3. The summed E-state index contributed by atoms with van der Waals surface area (Å²) in [5.41, 5.74) is 7.87. The second-order valence-electron chi connectivity index (χ2n) is 7.61. The lowest BCUT2D eigenvalue weighted by Gasteiger charge is -2.33. The molecule has 2 aromatic carbocycles. The Hall–Kier alpha value is -2.87. The maximum atomic E-state index is 12.5. The van der Waals surface area contributed by atoms with Crippen molar-refractivity contribution < 1.29 is 18.0 Å². The van der Waals surface area contributed by atoms with E-state index >= 15 is 0 Å². The SMILES string of the molecule is Cc1ccc(S(=O)(=O)CCC(=O)Nc2ccccc2N2CCC(C(N)=O)CC2)cc1. The molecule has 2 aromatic rings. The Kier molecular flexibility index (Phi) is 6.77. The molecular weight excluding hydrogens is 402 g/mol. The lowest BCUT2D eigenvalue weighted by molar-refractivity contribution is -0.122. The second-order valence-corrected chi connectivity index (χ2v) is 9.72. The van der Waals surface area contributed by atoms with Crippen LogP contribution in [0.2, 0.25) is 0 Å². The van der Waals surface area contributed by atoms with Crippen LogP contribution in [0.3, 0.4) is 0 Å². The zero-order valence-corrected chi connectivity index (χ0v) is 17.8. The molecule has 8 heteroatoms. The van der Waals surface area contributed by atoms with Gasteiger partial charge in [0.15, 0.2) is 9.84 Å². The number of aryl methyl sites for hydroxylation is 1. The molecule has 1 saturated heterocycles. The number of anilines is 2. The quantitative estimate of drug-likeness (QED) is 0.703. The lowest BCUT2D eigenvalue weighted by atomic mass is 9.96. The average Bonchev–Trinajstić information content (AvgIpc) is 2.73. The van der Waals surface area contributed by atoms with Crippen LogP contribution < -0.4 is 16.0 Å². The number of nitrogens with two attached hydrogens (primary N) is 1. The fourth-order valence-electron chi connectivity index (χ4n) is 3.56. The summed E-state index contributed by atoms with van der Waals surface area (Å²) in [5, 5.41) is 2.84. The summed E-state index contributed by atoms with van der Waals surface area (Å²) in [6, 6.07) is 14.0. The number of piperidine rings is 1. The normalized spacial score (nSPS) is 15.0. The molecule has 0 unspecified atom stereocenters. The van der Waals surface area contributed by atoms with Gasteiger partial charge in [0.25, 0.3) is 0 Å². The molecule has 2 amide bonds. The van der Waals surface area contributed by atoms with Crippen LogP contribution in [0.5, 0.6) is 0 Å². The van der Waals surface area contributed by atoms with E-state index in [2.05, 4.69) is 10.2 Å². The topological polar surface area (TPSA) is 110 Å². The minimum atomic E-state index is -3.52. The van der Waals surface area contributed by atoms with Crippen LogP contribution in [0, 0.1) is 12.8 Å². The largest absolute Gasteiger partial charge is 0.370 e. The molecule has 3 rings (SSSR count). The van der Waals surface area contributed by atoms with Crippen LogP contribution in [0.4, 0.5) is 11.4 Å². The van der Waals surface area contributed by atoms with Crippen molar-refractivity contribution in [3.63, 3.8) is 0 Å². The molecule has 1 aliphatic heterocycles. The molecule has 30 heavy (non-hydrogen) atoms. The van der Waals surface area contributed by atoms with Gasteiger partial charge in [-0.05, 0) is 44.0 Å². The first kappa shape index (κ1) is 21.8. The molecule has 1 heterocycles. The standard InChI is InChI=1S/C22H27N3O4S/c1-16-6-8-18(9-7-16)30(28,29)15-12-21(26)24-19-4-2-3-5-20(19)25-13-10-17(11-14-25)22(23)27/h2-9,17H,10-15H2,1H3,(H2,23,27)(H,24,26). The Morgan fingerprint density at radius 3 is 2.33 bits per heavy atom. The van der Waals surface area contributed by atoms with Crippen LogP contribution in [0.25, 0.3) is 0 Å². The fourth-order valence-corrected chi connectivity index (χ4v) is 4.80. The summed E-state index contributed by atoms with van der Waals surface area (Å²) in [6.07, 6.45) is 1.22. The highest BCUT2D eigenvalue weighted by molar-refractivity contribution is 7.91. The van der Waals surface area contributed by atoms with E-state index in [1.807, 2.05) is 25.1 Å². The molecular formula is C22H27N3O4S.